The van der Waals surface area contributed by atoms with Gasteiger partial charge in [-0.2, -0.15) is 0 Å². The van der Waals surface area contributed by atoms with Crippen LogP contribution in [0.5, 0.6) is 0 Å². The Morgan fingerprint density at radius 2 is 1.78 bits per heavy atom. The molecule has 1 saturated heterocycles. The smallest absolute Gasteiger partial charge is 0.191 e. The van der Waals surface area contributed by atoms with E-state index >= 15 is 0 Å². The third-order valence-corrected chi connectivity index (χ3v) is 3.48. The minimum Gasteiger partial charge on any atom is -0.370 e. The molecule has 0 saturated carbocycles. The summed E-state index contributed by atoms with van der Waals surface area (Å²) in [5.74, 6) is 0.754. The van der Waals surface area contributed by atoms with Gasteiger partial charge in [0.05, 0.1) is 0 Å². The van der Waals surface area contributed by atoms with Gasteiger partial charge in [-0.15, -0.1) is 24.0 Å². The van der Waals surface area contributed by atoms with Crippen molar-refractivity contribution in [1.82, 2.24) is 9.80 Å². The van der Waals surface area contributed by atoms with Crippen molar-refractivity contribution in [2.45, 2.75) is 39.5 Å². The lowest BCUT2D eigenvalue weighted by atomic mass is 10.1. The Kier molecular flexibility index (Phi) is 10.8. The molecule has 4 nitrogen and oxygen atoms in total. The Hall–Kier alpha value is -0.0400. The summed E-state index contributed by atoms with van der Waals surface area (Å²) in [7, 11) is 0. The maximum absolute atomic E-state index is 5.99. The predicted molar refractivity (Wildman–Crippen MR) is 89.7 cm³/mol. The molecule has 0 unspecified atom stereocenters. The molecular weight excluding hydrogens is 339 g/mol. The van der Waals surface area contributed by atoms with Crippen LogP contribution in [0.3, 0.4) is 0 Å². The van der Waals surface area contributed by atoms with Gasteiger partial charge in [0.2, 0.25) is 0 Å². The van der Waals surface area contributed by atoms with Crippen LogP contribution in [0.2, 0.25) is 0 Å². The molecule has 1 rings (SSSR count). The van der Waals surface area contributed by atoms with Crippen LogP contribution in [0.15, 0.2) is 4.99 Å². The zero-order valence-electron chi connectivity index (χ0n) is 11.9. The highest BCUT2D eigenvalue weighted by atomic mass is 127. The second-order valence-corrected chi connectivity index (χ2v) is 4.67. The van der Waals surface area contributed by atoms with Gasteiger partial charge in [-0.25, -0.2) is 0 Å². The zero-order valence-corrected chi connectivity index (χ0v) is 14.2. The van der Waals surface area contributed by atoms with E-state index in [1.54, 1.807) is 0 Å². The number of rotatable bonds is 6. The van der Waals surface area contributed by atoms with Gasteiger partial charge in [-0.3, -0.25) is 4.99 Å². The predicted octanol–water partition coefficient (Wildman–Crippen LogP) is 2.14. The first-order valence-electron chi connectivity index (χ1n) is 7.05. The van der Waals surface area contributed by atoms with Gasteiger partial charge in [0.25, 0.3) is 0 Å². The molecule has 0 radical (unpaired) electrons. The van der Waals surface area contributed by atoms with Gasteiger partial charge >= 0.3 is 0 Å². The first-order chi connectivity index (χ1) is 8.27. The van der Waals surface area contributed by atoms with E-state index in [1.807, 2.05) is 0 Å². The topological polar surface area (TPSA) is 44.9 Å². The van der Waals surface area contributed by atoms with E-state index in [4.69, 9.17) is 5.73 Å². The lowest BCUT2D eigenvalue weighted by Crippen LogP contribution is -2.41. The average molecular weight is 368 g/mol. The Balaban J connectivity index is 0.00000289. The summed E-state index contributed by atoms with van der Waals surface area (Å²) < 4.78 is 0. The maximum atomic E-state index is 5.99. The third-order valence-electron chi connectivity index (χ3n) is 3.48. The van der Waals surface area contributed by atoms with Gasteiger partial charge < -0.3 is 15.5 Å². The van der Waals surface area contributed by atoms with Crippen LogP contribution in [0, 0.1) is 0 Å². The summed E-state index contributed by atoms with van der Waals surface area (Å²) in [6.45, 7) is 10.8. The number of nitrogens with two attached hydrogens (primary N) is 1. The summed E-state index contributed by atoms with van der Waals surface area (Å²) in [6.07, 6.45) is 4.97. The van der Waals surface area contributed by atoms with Gasteiger partial charge in [0, 0.05) is 19.6 Å². The average Bonchev–Trinajstić information content (AvgIpc) is 2.40. The van der Waals surface area contributed by atoms with Crippen LogP contribution in [-0.4, -0.2) is 55.0 Å². The van der Waals surface area contributed by atoms with Gasteiger partial charge in [-0.05, 0) is 45.3 Å². The number of piperidine rings is 1. The van der Waals surface area contributed by atoms with Crippen molar-refractivity contribution in [3.63, 3.8) is 0 Å². The molecule has 0 bridgehead atoms. The van der Waals surface area contributed by atoms with Gasteiger partial charge in [0.1, 0.15) is 0 Å². The second-order valence-electron chi connectivity index (χ2n) is 4.67. The summed E-state index contributed by atoms with van der Waals surface area (Å²) in [6, 6.07) is 0. The minimum atomic E-state index is 0. The fourth-order valence-corrected chi connectivity index (χ4v) is 2.25. The summed E-state index contributed by atoms with van der Waals surface area (Å²) in [5.41, 5.74) is 5.99. The van der Waals surface area contributed by atoms with Crippen LogP contribution in [0.25, 0.3) is 0 Å². The minimum absolute atomic E-state index is 0. The fraction of sp³-hybridized carbons (Fsp3) is 0.923. The molecule has 0 aromatic rings. The number of hydrogen-bond donors (Lipinski definition) is 1. The molecule has 0 aromatic heterocycles. The highest BCUT2D eigenvalue weighted by molar-refractivity contribution is 14.0. The van der Waals surface area contributed by atoms with Crippen LogP contribution in [-0.2, 0) is 0 Å². The molecule has 1 heterocycles. The van der Waals surface area contributed by atoms with E-state index in [1.165, 1.54) is 19.3 Å². The SMILES string of the molecule is CCN(CC)CCCN=C(N)N1CCCCC1.I. The van der Waals surface area contributed by atoms with E-state index in [9.17, 15) is 0 Å². The molecule has 0 spiro atoms. The molecule has 0 aromatic carbocycles. The molecule has 2 N–H and O–H groups in total. The quantitative estimate of drug-likeness (QED) is 0.338. The normalized spacial score (nSPS) is 16.8. The van der Waals surface area contributed by atoms with Crippen molar-refractivity contribution < 1.29 is 0 Å². The van der Waals surface area contributed by atoms with Crippen LogP contribution in [0.4, 0.5) is 0 Å². The molecule has 108 valence electrons. The Bertz CT molecular complexity index is 223. The second kappa shape index (κ2) is 10.8. The van der Waals surface area contributed by atoms with E-state index in [0.29, 0.717) is 0 Å². The number of aliphatic imine (C=N–C) groups is 1. The Morgan fingerprint density at radius 1 is 1.17 bits per heavy atom. The number of likely N-dealkylation sites (tertiary alicyclic amines) is 1. The first-order valence-corrected chi connectivity index (χ1v) is 7.05. The van der Waals surface area contributed by atoms with Crippen molar-refractivity contribution in [2.24, 2.45) is 10.7 Å². The Morgan fingerprint density at radius 3 is 2.33 bits per heavy atom. The largest absolute Gasteiger partial charge is 0.370 e. The van der Waals surface area contributed by atoms with Gasteiger partial charge in [-0.1, -0.05) is 13.8 Å². The molecule has 1 fully saturated rings. The lowest BCUT2D eigenvalue weighted by molar-refractivity contribution is 0.301. The Labute approximate surface area is 129 Å². The molecule has 1 aliphatic rings. The van der Waals surface area contributed by atoms with Crippen LogP contribution in [0.1, 0.15) is 39.5 Å². The monoisotopic (exact) mass is 368 g/mol. The lowest BCUT2D eigenvalue weighted by Gasteiger charge is -2.27. The van der Waals surface area contributed by atoms with Crippen LogP contribution < -0.4 is 5.73 Å². The zero-order chi connectivity index (χ0) is 12.5. The highest BCUT2D eigenvalue weighted by Gasteiger charge is 2.11. The maximum Gasteiger partial charge on any atom is 0.191 e. The standard InChI is InChI=1S/C13H28N4.HI/c1-3-16(4-2)10-8-9-15-13(14)17-11-6-5-7-12-17;/h3-12H2,1-2H3,(H2,14,15);1H. The third kappa shape index (κ3) is 6.78. The molecular formula is C13H29IN4. The summed E-state index contributed by atoms with van der Waals surface area (Å²) >= 11 is 0. The van der Waals surface area contributed by atoms with E-state index in [0.717, 1.165) is 51.6 Å². The van der Waals surface area contributed by atoms with Crippen molar-refractivity contribution in [2.75, 3.05) is 39.3 Å². The van der Waals surface area contributed by atoms with Crippen molar-refractivity contribution in [3.05, 3.63) is 0 Å². The molecule has 1 aliphatic heterocycles. The molecule has 18 heavy (non-hydrogen) atoms. The number of nitrogens with zero attached hydrogens (tertiary/aromatic N) is 3. The summed E-state index contributed by atoms with van der Waals surface area (Å²) in [5, 5.41) is 0. The molecule has 0 amide bonds. The molecule has 0 aliphatic carbocycles. The fourth-order valence-electron chi connectivity index (χ4n) is 2.25. The molecule has 0 atom stereocenters. The van der Waals surface area contributed by atoms with E-state index in [2.05, 4.69) is 28.6 Å². The highest BCUT2D eigenvalue weighted by Crippen LogP contribution is 2.07. The number of hydrogen-bond acceptors (Lipinski definition) is 2. The van der Waals surface area contributed by atoms with E-state index in [-0.39, 0.29) is 24.0 Å². The van der Waals surface area contributed by atoms with Crippen molar-refractivity contribution in [3.8, 4) is 0 Å². The first kappa shape index (κ1) is 18.0. The van der Waals surface area contributed by atoms with Gasteiger partial charge in [0.15, 0.2) is 5.96 Å². The number of guanidine groups is 1. The molecule has 5 heteroatoms. The summed E-state index contributed by atoms with van der Waals surface area (Å²) in [4.78, 5) is 9.13. The van der Waals surface area contributed by atoms with E-state index < -0.39 is 0 Å². The number of halogens is 1. The van der Waals surface area contributed by atoms with Crippen molar-refractivity contribution in [1.29, 1.82) is 0 Å². The van der Waals surface area contributed by atoms with Crippen LogP contribution >= 0.6 is 24.0 Å². The van der Waals surface area contributed by atoms with Crippen molar-refractivity contribution >= 4 is 29.9 Å².